The number of urea groups is 1. The minimum Gasteiger partial charge on any atom is -0.491 e. The highest BCUT2D eigenvalue weighted by Crippen LogP contribution is 2.20. The summed E-state index contributed by atoms with van der Waals surface area (Å²) in [5.74, 6) is 1.32. The second kappa shape index (κ2) is 7.45. The summed E-state index contributed by atoms with van der Waals surface area (Å²) in [6, 6.07) is 12.6. The number of hydrogen-bond donors (Lipinski definition) is 2. The molecule has 1 aromatic heterocycles. The lowest BCUT2D eigenvalue weighted by atomic mass is 10.1. The lowest BCUT2D eigenvalue weighted by molar-refractivity contribution is 0.241. The zero-order chi connectivity index (χ0) is 15.9. The maximum atomic E-state index is 12.0. The van der Waals surface area contributed by atoms with Crippen molar-refractivity contribution in [3.63, 3.8) is 0 Å². The number of nitrogens with zero attached hydrogens (tertiary/aromatic N) is 1. The first-order chi connectivity index (χ1) is 10.5. The Balaban J connectivity index is 1.96. The molecular weight excluding hydrogens is 278 g/mol. The van der Waals surface area contributed by atoms with Crippen LogP contribution in [0.5, 0.6) is 5.75 Å². The van der Waals surface area contributed by atoms with E-state index in [0.717, 1.165) is 11.3 Å². The summed E-state index contributed by atoms with van der Waals surface area (Å²) in [5.41, 5.74) is 0.981. The molecule has 1 aromatic carbocycles. The smallest absolute Gasteiger partial charge is 0.320 e. The van der Waals surface area contributed by atoms with Crippen molar-refractivity contribution in [2.24, 2.45) is 0 Å². The molecule has 0 radical (unpaired) electrons. The van der Waals surface area contributed by atoms with Crippen LogP contribution in [0.3, 0.4) is 0 Å². The Kier molecular flexibility index (Phi) is 5.36. The van der Waals surface area contributed by atoms with E-state index >= 15 is 0 Å². The van der Waals surface area contributed by atoms with E-state index in [9.17, 15) is 4.79 Å². The van der Waals surface area contributed by atoms with Crippen molar-refractivity contribution in [3.05, 3.63) is 54.2 Å². The van der Waals surface area contributed by atoms with Gasteiger partial charge in [0.15, 0.2) is 0 Å². The summed E-state index contributed by atoms with van der Waals surface area (Å²) in [7, 11) is 0. The number of carbonyl (C=O) groups is 1. The van der Waals surface area contributed by atoms with Crippen molar-refractivity contribution < 1.29 is 9.53 Å². The molecular formula is C17H21N3O2. The highest BCUT2D eigenvalue weighted by atomic mass is 16.5. The Morgan fingerprint density at radius 1 is 1.14 bits per heavy atom. The van der Waals surface area contributed by atoms with Gasteiger partial charge >= 0.3 is 6.03 Å². The Labute approximate surface area is 130 Å². The van der Waals surface area contributed by atoms with Gasteiger partial charge in [-0.2, -0.15) is 0 Å². The number of hydrogen-bond acceptors (Lipinski definition) is 3. The molecule has 5 nitrogen and oxygen atoms in total. The monoisotopic (exact) mass is 299 g/mol. The van der Waals surface area contributed by atoms with Crippen LogP contribution in [0.2, 0.25) is 0 Å². The molecule has 0 fully saturated rings. The van der Waals surface area contributed by atoms with Gasteiger partial charge in [0.25, 0.3) is 0 Å². The average molecular weight is 299 g/mol. The van der Waals surface area contributed by atoms with Crippen LogP contribution in [-0.4, -0.2) is 17.1 Å². The highest BCUT2D eigenvalue weighted by Gasteiger charge is 2.11. The van der Waals surface area contributed by atoms with Crippen LogP contribution in [0.4, 0.5) is 10.6 Å². The molecule has 0 saturated heterocycles. The summed E-state index contributed by atoms with van der Waals surface area (Å²) in [6.07, 6.45) is 1.75. The third kappa shape index (κ3) is 4.77. The van der Waals surface area contributed by atoms with Crippen molar-refractivity contribution in [2.75, 3.05) is 5.32 Å². The molecule has 1 unspecified atom stereocenters. The first kappa shape index (κ1) is 15.8. The standard InChI is InChI=1S/C17H21N3O2/c1-12(2)22-15-8-6-7-14(11-15)13(3)19-17(21)20-16-9-4-5-10-18-16/h4-13H,1-3H3,(H2,18,19,20,21). The lowest BCUT2D eigenvalue weighted by Gasteiger charge is -2.17. The molecule has 2 N–H and O–H groups in total. The second-order valence-electron chi connectivity index (χ2n) is 5.27. The number of aromatic nitrogens is 1. The lowest BCUT2D eigenvalue weighted by Crippen LogP contribution is -2.31. The van der Waals surface area contributed by atoms with Crippen LogP contribution in [0.1, 0.15) is 32.4 Å². The third-order valence-electron chi connectivity index (χ3n) is 2.98. The number of amides is 2. The Bertz CT molecular complexity index is 614. The van der Waals surface area contributed by atoms with Gasteiger partial charge < -0.3 is 10.1 Å². The number of anilines is 1. The Hall–Kier alpha value is -2.56. The highest BCUT2D eigenvalue weighted by molar-refractivity contribution is 5.88. The van der Waals surface area contributed by atoms with E-state index in [2.05, 4.69) is 15.6 Å². The molecule has 1 heterocycles. The zero-order valence-corrected chi connectivity index (χ0v) is 13.0. The molecule has 116 valence electrons. The van der Waals surface area contributed by atoms with Crippen LogP contribution < -0.4 is 15.4 Å². The van der Waals surface area contributed by atoms with Gasteiger partial charge in [-0.05, 0) is 50.6 Å². The van der Waals surface area contributed by atoms with E-state index in [4.69, 9.17) is 4.74 Å². The molecule has 5 heteroatoms. The molecule has 0 aliphatic rings. The Morgan fingerprint density at radius 2 is 1.95 bits per heavy atom. The number of benzene rings is 1. The van der Waals surface area contributed by atoms with Crippen molar-refractivity contribution in [3.8, 4) is 5.75 Å². The van der Waals surface area contributed by atoms with Crippen molar-refractivity contribution in [2.45, 2.75) is 32.9 Å². The number of ether oxygens (including phenoxy) is 1. The summed E-state index contributed by atoms with van der Waals surface area (Å²) in [4.78, 5) is 16.0. The predicted octanol–water partition coefficient (Wildman–Crippen LogP) is 3.75. The summed E-state index contributed by atoms with van der Waals surface area (Å²) < 4.78 is 5.67. The zero-order valence-electron chi connectivity index (χ0n) is 13.0. The molecule has 0 aliphatic carbocycles. The van der Waals surface area contributed by atoms with E-state index in [0.29, 0.717) is 5.82 Å². The van der Waals surface area contributed by atoms with Gasteiger partial charge in [0.2, 0.25) is 0 Å². The molecule has 0 spiro atoms. The van der Waals surface area contributed by atoms with Crippen LogP contribution >= 0.6 is 0 Å². The van der Waals surface area contributed by atoms with E-state index in [-0.39, 0.29) is 18.2 Å². The molecule has 2 amide bonds. The topological polar surface area (TPSA) is 63.2 Å². The second-order valence-corrected chi connectivity index (χ2v) is 5.27. The molecule has 22 heavy (non-hydrogen) atoms. The molecule has 0 saturated carbocycles. The fourth-order valence-electron chi connectivity index (χ4n) is 2.00. The quantitative estimate of drug-likeness (QED) is 0.883. The largest absolute Gasteiger partial charge is 0.491 e. The van der Waals surface area contributed by atoms with Crippen LogP contribution in [0.15, 0.2) is 48.7 Å². The van der Waals surface area contributed by atoms with Crippen LogP contribution in [0.25, 0.3) is 0 Å². The van der Waals surface area contributed by atoms with E-state index < -0.39 is 0 Å². The molecule has 2 rings (SSSR count). The summed E-state index contributed by atoms with van der Waals surface area (Å²) in [5, 5.41) is 5.58. The third-order valence-corrected chi connectivity index (χ3v) is 2.98. The minimum absolute atomic E-state index is 0.117. The maximum Gasteiger partial charge on any atom is 0.320 e. The van der Waals surface area contributed by atoms with Gasteiger partial charge in [-0.3, -0.25) is 5.32 Å². The van der Waals surface area contributed by atoms with Gasteiger partial charge in [0, 0.05) is 6.20 Å². The van der Waals surface area contributed by atoms with Gasteiger partial charge in [0.05, 0.1) is 12.1 Å². The minimum atomic E-state index is -0.290. The number of nitrogens with one attached hydrogen (secondary N) is 2. The van der Waals surface area contributed by atoms with Gasteiger partial charge in [-0.1, -0.05) is 18.2 Å². The van der Waals surface area contributed by atoms with Crippen molar-refractivity contribution >= 4 is 11.8 Å². The van der Waals surface area contributed by atoms with Gasteiger partial charge in [-0.15, -0.1) is 0 Å². The summed E-state index contributed by atoms with van der Waals surface area (Å²) >= 11 is 0. The summed E-state index contributed by atoms with van der Waals surface area (Å²) in [6.45, 7) is 5.88. The predicted molar refractivity (Wildman–Crippen MR) is 87.0 cm³/mol. The van der Waals surface area contributed by atoms with E-state index in [1.54, 1.807) is 18.3 Å². The maximum absolute atomic E-state index is 12.0. The van der Waals surface area contributed by atoms with Gasteiger partial charge in [-0.25, -0.2) is 9.78 Å². The van der Waals surface area contributed by atoms with Crippen molar-refractivity contribution in [1.29, 1.82) is 0 Å². The number of carbonyl (C=O) groups excluding carboxylic acids is 1. The molecule has 2 aromatic rings. The first-order valence-electron chi connectivity index (χ1n) is 7.30. The fraction of sp³-hybridized carbons (Fsp3) is 0.294. The number of pyridine rings is 1. The first-order valence-corrected chi connectivity index (χ1v) is 7.30. The Morgan fingerprint density at radius 3 is 2.64 bits per heavy atom. The molecule has 1 atom stereocenters. The normalized spacial score (nSPS) is 11.8. The number of rotatable bonds is 5. The SMILES string of the molecule is CC(C)Oc1cccc(C(C)NC(=O)Nc2ccccn2)c1. The van der Waals surface area contributed by atoms with Crippen LogP contribution in [-0.2, 0) is 0 Å². The average Bonchev–Trinajstić information content (AvgIpc) is 2.47. The fourth-order valence-corrected chi connectivity index (χ4v) is 2.00. The van der Waals surface area contributed by atoms with E-state index in [1.165, 1.54) is 0 Å². The van der Waals surface area contributed by atoms with Crippen LogP contribution in [0, 0.1) is 0 Å². The van der Waals surface area contributed by atoms with Crippen molar-refractivity contribution in [1.82, 2.24) is 10.3 Å². The molecule has 0 aliphatic heterocycles. The van der Waals surface area contributed by atoms with E-state index in [1.807, 2.05) is 51.1 Å². The molecule has 0 bridgehead atoms. The van der Waals surface area contributed by atoms with Gasteiger partial charge in [0.1, 0.15) is 11.6 Å².